The van der Waals surface area contributed by atoms with E-state index in [0.717, 1.165) is 21.1 Å². The molecule has 0 aliphatic rings. The van der Waals surface area contributed by atoms with Gasteiger partial charge in [-0.15, -0.1) is 0 Å². The Morgan fingerprint density at radius 2 is 1.05 bits per heavy atom. The molecule has 2 aromatic heterocycles. The first-order valence-electron chi connectivity index (χ1n) is 18.3. The van der Waals surface area contributed by atoms with Crippen molar-refractivity contribution in [3.05, 3.63) is 105 Å². The van der Waals surface area contributed by atoms with Gasteiger partial charge in [0.1, 0.15) is 40.1 Å². The second-order valence-electron chi connectivity index (χ2n) is 13.9. The smallest absolute Gasteiger partial charge is 0.232 e. The summed E-state index contributed by atoms with van der Waals surface area (Å²) in [6.07, 6.45) is 1.61. The zero-order chi connectivity index (χ0) is 44.4. The molecular weight excluding hydrogens is 954 g/mol. The van der Waals surface area contributed by atoms with Crippen molar-refractivity contribution < 1.29 is 53.9 Å². The van der Waals surface area contributed by atoms with Crippen LogP contribution in [0.15, 0.2) is 90.6 Å². The maximum Gasteiger partial charge on any atom is 0.232 e. The number of fused-ring (bicyclic) bond motifs is 2. The third-order valence-electron chi connectivity index (χ3n) is 9.06. The number of halogens is 4. The molecule has 0 saturated carbocycles. The first-order valence-corrected chi connectivity index (χ1v) is 23.6. The number of anilines is 2. The van der Waals surface area contributed by atoms with Crippen molar-refractivity contribution in [2.24, 2.45) is 0 Å². The molecule has 1 atom stereocenters. The van der Waals surface area contributed by atoms with Crippen LogP contribution in [0.2, 0.25) is 0 Å². The Balaban J connectivity index is 0.000000228. The molecule has 0 aliphatic heterocycles. The lowest BCUT2D eigenvalue weighted by Gasteiger charge is -2.24. The molecule has 18 heteroatoms. The van der Waals surface area contributed by atoms with E-state index in [0.29, 0.717) is 53.3 Å². The number of hydrogen-bond acceptors (Lipinski definition) is 10. The third-order valence-corrected chi connectivity index (χ3v) is 12.6. The van der Waals surface area contributed by atoms with Gasteiger partial charge >= 0.3 is 0 Å². The summed E-state index contributed by atoms with van der Waals surface area (Å²) >= 11 is 6.75. The van der Waals surface area contributed by atoms with Crippen LogP contribution in [-0.2, 0) is 24.8 Å². The van der Waals surface area contributed by atoms with Crippen LogP contribution in [0.1, 0.15) is 61.3 Å². The van der Waals surface area contributed by atoms with Gasteiger partial charge in [0.25, 0.3) is 0 Å². The number of aliphatic hydroxyl groups excluding tert-OH is 1. The molecule has 1 unspecified atom stereocenters. The van der Waals surface area contributed by atoms with Crippen LogP contribution in [0.25, 0.3) is 44.6 Å². The number of rotatable bonds is 14. The summed E-state index contributed by atoms with van der Waals surface area (Å²) in [7, 11) is -7.45. The van der Waals surface area contributed by atoms with Crippen molar-refractivity contribution in [1.82, 2.24) is 0 Å². The van der Waals surface area contributed by atoms with Crippen LogP contribution in [0, 0.1) is 11.6 Å². The number of sulfonamides is 2. The normalized spacial score (nSPS) is 12.2. The zero-order valence-electron chi connectivity index (χ0n) is 33.2. The number of carbonyl (C=O) groups is 3. The van der Waals surface area contributed by atoms with Gasteiger partial charge in [0.15, 0.2) is 11.6 Å². The van der Waals surface area contributed by atoms with Crippen molar-refractivity contribution in [1.29, 1.82) is 0 Å². The fraction of sp³-hybridized carbons (Fsp3) is 0.262. The van der Waals surface area contributed by atoms with Crippen LogP contribution in [0.4, 0.5) is 20.2 Å². The van der Waals surface area contributed by atoms with E-state index in [2.05, 4.69) is 31.9 Å². The van der Waals surface area contributed by atoms with Gasteiger partial charge in [-0.2, -0.15) is 0 Å². The van der Waals surface area contributed by atoms with Crippen LogP contribution < -0.4 is 8.61 Å². The van der Waals surface area contributed by atoms with E-state index in [1.165, 1.54) is 74.5 Å². The lowest BCUT2D eigenvalue weighted by Crippen LogP contribution is -2.36. The average molecular weight is 995 g/mol. The highest BCUT2D eigenvalue weighted by Gasteiger charge is 2.28. The summed E-state index contributed by atoms with van der Waals surface area (Å²) in [5.74, 6) is -0.920. The van der Waals surface area contributed by atoms with E-state index in [1.807, 2.05) is 0 Å². The molecule has 60 heavy (non-hydrogen) atoms. The third kappa shape index (κ3) is 10.2. The van der Waals surface area contributed by atoms with E-state index in [9.17, 15) is 45.1 Å². The molecule has 6 aromatic rings. The standard InChI is InChI=1S/C21H21BrFNO5S.C21H19BrFNO5S/c2*1-4-18(26)20-15-9-16(22)17(24(11-12(2)25)30(3,27)28)10-19(15)29-21(20)13-5-7-14(23)8-6-13/h5-10,12,25H,4,11H2,1-3H3;5-10H,4,11H2,1-3H3. The monoisotopic (exact) mass is 992 g/mol. The maximum absolute atomic E-state index is 13.4. The molecule has 0 radical (unpaired) electrons. The SMILES string of the molecule is CCC(=O)c1c(-c2ccc(F)cc2)oc2cc(N(CC(C)=O)S(C)(=O)=O)c(Br)cc12.CCC(=O)c1c(-c2ccc(F)cc2)oc2cc(N(CC(C)O)S(C)(=O)=O)c(Br)cc12. The number of Topliss-reactive ketones (excluding diaryl/α,β-unsaturated/α-hetero) is 3. The first-order chi connectivity index (χ1) is 28.0. The molecule has 0 aliphatic carbocycles. The number of hydrogen-bond donors (Lipinski definition) is 1. The predicted molar refractivity (Wildman–Crippen MR) is 235 cm³/mol. The van der Waals surface area contributed by atoms with Gasteiger partial charge < -0.3 is 13.9 Å². The van der Waals surface area contributed by atoms with Gasteiger partial charge in [-0.25, -0.2) is 25.6 Å². The number of nitrogens with zero attached hydrogens (tertiary/aromatic N) is 2. The molecule has 0 fully saturated rings. The minimum absolute atomic E-state index is 0.144. The van der Waals surface area contributed by atoms with Crippen molar-refractivity contribution in [2.75, 3.05) is 34.2 Å². The highest BCUT2D eigenvalue weighted by molar-refractivity contribution is 9.11. The van der Waals surface area contributed by atoms with Crippen molar-refractivity contribution in [3.8, 4) is 22.6 Å². The Morgan fingerprint density at radius 3 is 1.37 bits per heavy atom. The predicted octanol–water partition coefficient (Wildman–Crippen LogP) is 9.69. The number of aliphatic hydroxyl groups is 1. The van der Waals surface area contributed by atoms with Gasteiger partial charge in [0, 0.05) is 55.8 Å². The van der Waals surface area contributed by atoms with Gasteiger partial charge in [-0.3, -0.25) is 23.0 Å². The van der Waals surface area contributed by atoms with Gasteiger partial charge in [-0.1, -0.05) is 13.8 Å². The van der Waals surface area contributed by atoms with E-state index in [4.69, 9.17) is 8.83 Å². The summed E-state index contributed by atoms with van der Waals surface area (Å²) in [4.78, 5) is 37.0. The highest BCUT2D eigenvalue weighted by Crippen LogP contribution is 2.42. The number of furan rings is 2. The van der Waals surface area contributed by atoms with Gasteiger partial charge in [-0.05, 0) is 106 Å². The molecule has 4 aromatic carbocycles. The molecule has 0 bridgehead atoms. The Labute approximate surface area is 362 Å². The molecule has 0 amide bonds. The molecule has 1 N–H and O–H groups in total. The van der Waals surface area contributed by atoms with Gasteiger partial charge in [0.05, 0.1) is 54.2 Å². The van der Waals surface area contributed by atoms with E-state index < -0.39 is 37.8 Å². The van der Waals surface area contributed by atoms with Gasteiger partial charge in [0.2, 0.25) is 20.0 Å². The van der Waals surface area contributed by atoms with Crippen molar-refractivity contribution in [2.45, 2.75) is 46.6 Å². The summed E-state index contributed by atoms with van der Waals surface area (Å²) < 4.78 is 90.6. The second-order valence-corrected chi connectivity index (χ2v) is 19.4. The quantitative estimate of drug-likeness (QED) is 0.104. The molecule has 2 heterocycles. The lowest BCUT2D eigenvalue weighted by atomic mass is 10.0. The maximum atomic E-state index is 13.4. The van der Waals surface area contributed by atoms with Crippen molar-refractivity contribution in [3.63, 3.8) is 0 Å². The summed E-state index contributed by atoms with van der Waals surface area (Å²) in [6.45, 7) is 5.75. The number of carbonyl (C=O) groups excluding carboxylic acids is 3. The highest BCUT2D eigenvalue weighted by atomic mass is 79.9. The van der Waals surface area contributed by atoms with Crippen LogP contribution in [0.5, 0.6) is 0 Å². The molecular formula is C42H40Br2F2N2O10S2. The minimum Gasteiger partial charge on any atom is -0.455 e. The molecule has 0 saturated heterocycles. The Morgan fingerprint density at radius 1 is 0.683 bits per heavy atom. The Bertz CT molecular complexity index is 2840. The fourth-order valence-corrected chi connectivity index (χ4v) is 9.61. The molecule has 6 rings (SSSR count). The fourth-order valence-electron chi connectivity index (χ4n) is 6.35. The lowest BCUT2D eigenvalue weighted by molar-refractivity contribution is -0.115. The molecule has 0 spiro atoms. The molecule has 318 valence electrons. The zero-order valence-corrected chi connectivity index (χ0v) is 38.0. The Kier molecular flexibility index (Phi) is 14.3. The van der Waals surface area contributed by atoms with E-state index in [-0.39, 0.29) is 66.0 Å². The number of ketones is 3. The summed E-state index contributed by atoms with van der Waals surface area (Å²) in [6, 6.07) is 17.4. The molecule has 12 nitrogen and oxygen atoms in total. The minimum atomic E-state index is -3.75. The largest absolute Gasteiger partial charge is 0.455 e. The topological polar surface area (TPSA) is 172 Å². The second kappa shape index (κ2) is 18.5. The van der Waals surface area contributed by atoms with Crippen LogP contribution >= 0.6 is 31.9 Å². The first kappa shape index (κ1) is 46.3. The summed E-state index contributed by atoms with van der Waals surface area (Å²) in [5, 5.41) is 10.8. The van der Waals surface area contributed by atoms with E-state index >= 15 is 0 Å². The Hall–Kier alpha value is -4.75. The average Bonchev–Trinajstić information content (AvgIpc) is 3.72. The van der Waals surface area contributed by atoms with Crippen molar-refractivity contribution >= 4 is 103 Å². The summed E-state index contributed by atoms with van der Waals surface area (Å²) in [5.41, 5.74) is 2.83. The van der Waals surface area contributed by atoms with E-state index in [1.54, 1.807) is 26.0 Å². The van der Waals surface area contributed by atoms with Crippen LogP contribution in [0.3, 0.4) is 0 Å². The van der Waals surface area contributed by atoms with Crippen LogP contribution in [-0.4, -0.2) is 71.0 Å². The number of benzene rings is 4.